The van der Waals surface area contributed by atoms with Crippen molar-refractivity contribution in [2.24, 2.45) is 0 Å². The fourth-order valence-electron chi connectivity index (χ4n) is 3.49. The zero-order valence-electron chi connectivity index (χ0n) is 17.4. The van der Waals surface area contributed by atoms with E-state index in [4.69, 9.17) is 0 Å². The summed E-state index contributed by atoms with van der Waals surface area (Å²) in [5.41, 5.74) is 5.88. The number of carbonyl (C=O) groups is 1. The predicted octanol–water partition coefficient (Wildman–Crippen LogP) is 4.22. The molecule has 0 spiro atoms. The number of nitrogens with zero attached hydrogens (tertiary/aromatic N) is 4. The molecule has 0 saturated carbocycles. The molecule has 2 aromatic carbocycles. The normalized spacial score (nSPS) is 12.0. The SMILES string of the molecule is Cc1ccc(-n2ncc([C@@H](C)NC(=O)c3cnn(Cc4ccccc4)c3)c2C)cc1. The molecule has 0 bridgehead atoms. The highest BCUT2D eigenvalue weighted by Gasteiger charge is 2.18. The number of rotatable bonds is 6. The molecule has 1 N–H and O–H groups in total. The second-order valence-corrected chi connectivity index (χ2v) is 7.54. The number of hydrogen-bond acceptors (Lipinski definition) is 3. The minimum atomic E-state index is -0.172. The van der Waals surface area contributed by atoms with Crippen LogP contribution in [0.3, 0.4) is 0 Å². The molecule has 0 aliphatic rings. The average Bonchev–Trinajstić information content (AvgIpc) is 3.36. The number of amides is 1. The van der Waals surface area contributed by atoms with Gasteiger partial charge in [0.15, 0.2) is 0 Å². The molecule has 6 nitrogen and oxygen atoms in total. The van der Waals surface area contributed by atoms with E-state index in [-0.39, 0.29) is 11.9 Å². The van der Waals surface area contributed by atoms with Gasteiger partial charge in [-0.3, -0.25) is 9.48 Å². The van der Waals surface area contributed by atoms with Gasteiger partial charge in [0.2, 0.25) is 0 Å². The van der Waals surface area contributed by atoms with E-state index in [1.807, 2.05) is 67.2 Å². The largest absolute Gasteiger partial charge is 0.345 e. The molecule has 4 rings (SSSR count). The molecule has 0 aliphatic carbocycles. The maximum atomic E-state index is 12.7. The molecule has 30 heavy (non-hydrogen) atoms. The van der Waals surface area contributed by atoms with Crippen LogP contribution in [-0.4, -0.2) is 25.5 Å². The van der Waals surface area contributed by atoms with E-state index >= 15 is 0 Å². The Morgan fingerprint density at radius 1 is 1.00 bits per heavy atom. The molecule has 1 amide bonds. The van der Waals surface area contributed by atoms with Crippen molar-refractivity contribution in [1.82, 2.24) is 24.9 Å². The maximum Gasteiger partial charge on any atom is 0.254 e. The van der Waals surface area contributed by atoms with Gasteiger partial charge in [0.25, 0.3) is 5.91 Å². The molecule has 2 heterocycles. The summed E-state index contributed by atoms with van der Waals surface area (Å²) in [5.74, 6) is -0.149. The van der Waals surface area contributed by atoms with Crippen molar-refractivity contribution >= 4 is 5.91 Å². The lowest BCUT2D eigenvalue weighted by Crippen LogP contribution is -2.26. The molecule has 6 heteroatoms. The molecule has 4 aromatic rings. The van der Waals surface area contributed by atoms with E-state index in [0.717, 1.165) is 22.5 Å². The highest BCUT2D eigenvalue weighted by molar-refractivity contribution is 5.93. The van der Waals surface area contributed by atoms with Crippen molar-refractivity contribution in [1.29, 1.82) is 0 Å². The van der Waals surface area contributed by atoms with Crippen molar-refractivity contribution in [3.8, 4) is 5.69 Å². The second-order valence-electron chi connectivity index (χ2n) is 7.54. The van der Waals surface area contributed by atoms with Crippen LogP contribution in [0.4, 0.5) is 0 Å². The first kappa shape index (κ1) is 19.6. The maximum absolute atomic E-state index is 12.7. The van der Waals surface area contributed by atoms with Crippen molar-refractivity contribution in [3.05, 3.63) is 101 Å². The Bertz CT molecular complexity index is 1140. The molecule has 0 aliphatic heterocycles. The number of hydrogen-bond donors (Lipinski definition) is 1. The van der Waals surface area contributed by atoms with Crippen molar-refractivity contribution < 1.29 is 4.79 Å². The Morgan fingerprint density at radius 3 is 2.47 bits per heavy atom. The van der Waals surface area contributed by atoms with E-state index in [1.165, 1.54) is 5.56 Å². The Hall–Kier alpha value is -3.67. The molecular weight excluding hydrogens is 374 g/mol. The summed E-state index contributed by atoms with van der Waals surface area (Å²) >= 11 is 0. The average molecular weight is 399 g/mol. The first-order chi connectivity index (χ1) is 14.5. The monoisotopic (exact) mass is 399 g/mol. The Balaban J connectivity index is 1.45. The first-order valence-electron chi connectivity index (χ1n) is 10.00. The van der Waals surface area contributed by atoms with Crippen LogP contribution in [0.15, 0.2) is 73.2 Å². The molecule has 0 radical (unpaired) electrons. The summed E-state index contributed by atoms with van der Waals surface area (Å²) in [6.07, 6.45) is 5.20. The molecule has 0 unspecified atom stereocenters. The third kappa shape index (κ3) is 4.17. The van der Waals surface area contributed by atoms with Gasteiger partial charge in [0.05, 0.1) is 36.2 Å². The van der Waals surface area contributed by atoms with Gasteiger partial charge >= 0.3 is 0 Å². The number of nitrogens with one attached hydrogen (secondary N) is 1. The predicted molar refractivity (Wildman–Crippen MR) is 117 cm³/mol. The van der Waals surface area contributed by atoms with E-state index in [1.54, 1.807) is 17.1 Å². The molecule has 0 saturated heterocycles. The van der Waals surface area contributed by atoms with Crippen molar-refractivity contribution in [2.45, 2.75) is 33.4 Å². The van der Waals surface area contributed by atoms with Gasteiger partial charge < -0.3 is 5.32 Å². The van der Waals surface area contributed by atoms with Gasteiger partial charge in [0, 0.05) is 17.5 Å². The Morgan fingerprint density at radius 2 is 1.73 bits per heavy atom. The zero-order chi connectivity index (χ0) is 21.1. The van der Waals surface area contributed by atoms with E-state index < -0.39 is 0 Å². The quantitative estimate of drug-likeness (QED) is 0.528. The number of benzene rings is 2. The fourth-order valence-corrected chi connectivity index (χ4v) is 3.49. The van der Waals surface area contributed by atoms with Gasteiger partial charge in [0.1, 0.15) is 0 Å². The lowest BCUT2D eigenvalue weighted by molar-refractivity contribution is 0.0939. The smallest absolute Gasteiger partial charge is 0.254 e. The topological polar surface area (TPSA) is 64.7 Å². The number of aryl methyl sites for hydroxylation is 1. The number of aromatic nitrogens is 4. The fraction of sp³-hybridized carbons (Fsp3) is 0.208. The highest BCUT2D eigenvalue weighted by Crippen LogP contribution is 2.21. The minimum Gasteiger partial charge on any atom is -0.345 e. The van der Waals surface area contributed by atoms with Crippen LogP contribution < -0.4 is 5.32 Å². The van der Waals surface area contributed by atoms with Crippen LogP contribution in [-0.2, 0) is 6.54 Å². The lowest BCUT2D eigenvalue weighted by Gasteiger charge is -2.13. The summed E-state index contributed by atoms with van der Waals surface area (Å²) in [4.78, 5) is 12.7. The summed E-state index contributed by atoms with van der Waals surface area (Å²) in [6.45, 7) is 6.68. The van der Waals surface area contributed by atoms with Crippen LogP contribution in [0.1, 0.15) is 45.7 Å². The second kappa shape index (κ2) is 8.37. The molecule has 2 aromatic heterocycles. The van der Waals surface area contributed by atoms with Gasteiger partial charge in [-0.15, -0.1) is 0 Å². The zero-order valence-corrected chi connectivity index (χ0v) is 17.4. The molecule has 152 valence electrons. The molecule has 0 fully saturated rings. The third-order valence-electron chi connectivity index (χ3n) is 5.22. The van der Waals surface area contributed by atoms with Crippen molar-refractivity contribution in [2.75, 3.05) is 0 Å². The molecular formula is C24H25N5O. The van der Waals surface area contributed by atoms with Crippen LogP contribution >= 0.6 is 0 Å². The van der Waals surface area contributed by atoms with Gasteiger partial charge in [-0.05, 0) is 38.5 Å². The van der Waals surface area contributed by atoms with Crippen LogP contribution in [0.2, 0.25) is 0 Å². The first-order valence-corrected chi connectivity index (χ1v) is 10.00. The van der Waals surface area contributed by atoms with Crippen molar-refractivity contribution in [3.63, 3.8) is 0 Å². The summed E-state index contributed by atoms with van der Waals surface area (Å²) in [6, 6.07) is 18.1. The Kier molecular flexibility index (Phi) is 5.48. The summed E-state index contributed by atoms with van der Waals surface area (Å²) in [7, 11) is 0. The van der Waals surface area contributed by atoms with E-state index in [0.29, 0.717) is 12.1 Å². The highest BCUT2D eigenvalue weighted by atomic mass is 16.1. The Labute approximate surface area is 176 Å². The summed E-state index contributed by atoms with van der Waals surface area (Å²) < 4.78 is 3.67. The van der Waals surface area contributed by atoms with E-state index in [2.05, 4.69) is 34.6 Å². The lowest BCUT2D eigenvalue weighted by atomic mass is 10.1. The summed E-state index contributed by atoms with van der Waals surface area (Å²) in [5, 5.41) is 11.9. The van der Waals surface area contributed by atoms with Crippen LogP contribution in [0.25, 0.3) is 5.69 Å². The van der Waals surface area contributed by atoms with E-state index in [9.17, 15) is 4.79 Å². The third-order valence-corrected chi connectivity index (χ3v) is 5.22. The van der Waals surface area contributed by atoms with Crippen LogP contribution in [0.5, 0.6) is 0 Å². The van der Waals surface area contributed by atoms with Crippen LogP contribution in [0, 0.1) is 13.8 Å². The van der Waals surface area contributed by atoms with Gasteiger partial charge in [-0.25, -0.2) is 4.68 Å². The minimum absolute atomic E-state index is 0.149. The molecule has 1 atom stereocenters. The van der Waals surface area contributed by atoms with Gasteiger partial charge in [-0.1, -0.05) is 48.0 Å². The number of carbonyl (C=O) groups excluding carboxylic acids is 1. The van der Waals surface area contributed by atoms with Gasteiger partial charge in [-0.2, -0.15) is 10.2 Å². The standard InChI is InChI=1S/C24H25N5O/c1-17-9-11-22(12-10-17)29-19(3)23(14-26-29)18(2)27-24(30)21-13-25-28(16-21)15-20-7-5-4-6-8-20/h4-14,16,18H,15H2,1-3H3,(H,27,30)/t18-/m1/s1.